The van der Waals surface area contributed by atoms with Gasteiger partial charge in [-0.1, -0.05) is 12.1 Å². The number of methoxy groups -OCH3 is 1. The number of hydrogen-bond acceptors (Lipinski definition) is 26. The summed E-state index contributed by atoms with van der Waals surface area (Å²) in [6.07, 6.45) is -9.58. The summed E-state index contributed by atoms with van der Waals surface area (Å²) in [7, 11) is 8.07. The van der Waals surface area contributed by atoms with Gasteiger partial charge in [0.15, 0.2) is 34.8 Å². The lowest BCUT2D eigenvalue weighted by molar-refractivity contribution is -0.247. The first-order valence-corrected chi connectivity index (χ1v) is 32.3. The molecule has 14 N–H and O–H groups in total. The van der Waals surface area contributed by atoms with Gasteiger partial charge in [-0.2, -0.15) is 36.9 Å². The van der Waals surface area contributed by atoms with Gasteiger partial charge in [-0.05, 0) is 125 Å². The van der Waals surface area contributed by atoms with Crippen molar-refractivity contribution in [1.29, 1.82) is 10.5 Å². The largest absolute Gasteiger partial charge is 0.508 e. The van der Waals surface area contributed by atoms with Crippen molar-refractivity contribution in [2.75, 3.05) is 53.4 Å². The second-order valence-corrected chi connectivity index (χ2v) is 27.2. The van der Waals surface area contributed by atoms with E-state index < -0.39 is 195 Å². The van der Waals surface area contributed by atoms with Crippen LogP contribution >= 0.6 is 11.8 Å². The molecule has 27 nitrogen and oxygen atoms in total. The van der Waals surface area contributed by atoms with Crippen molar-refractivity contribution in [2.45, 2.75) is 116 Å². The number of amides is 2. The quantitative estimate of drug-likeness (QED) is 0.0284. The number of nitrogens with one attached hydrogen (secondary N) is 1. The second-order valence-electron chi connectivity index (χ2n) is 26.1. The smallest absolute Gasteiger partial charge is 0.446 e. The normalized spacial score (nSPS) is 24.5. The van der Waals surface area contributed by atoms with Gasteiger partial charge in [-0.25, -0.2) is 0 Å². The molecule has 6 aliphatic rings. The Bertz CT molecular complexity index is 4520. The van der Waals surface area contributed by atoms with Crippen molar-refractivity contribution in [3.63, 3.8) is 0 Å². The summed E-state index contributed by atoms with van der Waals surface area (Å²) in [6, 6.07) is 15.9. The molecule has 1 saturated carbocycles. The predicted octanol–water partition coefficient (Wildman–Crippen LogP) is 5.31. The SMILES string of the molecule is CN(C)c1ccc(O)c2c1C[C@H]1C[C@H]3[C@H](N(C)C)C(=O)C(C(N)=O)=C(O)[C@@]3(O)C(=O)C1=C2O.COc1cccc2c1C(=O)c1c(O)c3c(c(O)c1C2=O)C[C@@](O)(C(=O)CO)C[C@@H]3O[C@H]1C[C@H](N)[C@H](O)[C@H](C)O1.C[C@](C#N)(COc1cc(C#N)ccc1C(F)(F)F)NC(=O)c1ccc(SC(F)(F)F)cc1. The number of phenols is 3. The van der Waals surface area contributed by atoms with E-state index in [-0.39, 0.29) is 91.9 Å². The maximum Gasteiger partial charge on any atom is 0.446 e. The fourth-order valence-electron chi connectivity index (χ4n) is 13.8. The van der Waals surface area contributed by atoms with Crippen molar-refractivity contribution in [3.05, 3.63) is 151 Å². The fraction of sp³-hybridized carbons (Fsp3) is 0.386. The number of nitrogens with two attached hydrogens (primary N) is 2. The number of thioether (sulfide) groups is 1. The number of primary amides is 1. The molecule has 1 saturated heterocycles. The van der Waals surface area contributed by atoms with Crippen LogP contribution in [0.5, 0.6) is 28.7 Å². The van der Waals surface area contributed by atoms with Crippen LogP contribution in [0.3, 0.4) is 0 Å². The number of fused-ring (bicyclic) bond motifs is 6. The van der Waals surface area contributed by atoms with Crippen LogP contribution in [0.25, 0.3) is 5.76 Å². The lowest BCUT2D eigenvalue weighted by Crippen LogP contribution is -2.65. The fourth-order valence-corrected chi connectivity index (χ4v) is 14.3. The molecule has 1 aliphatic heterocycles. The Balaban J connectivity index is 0.000000182. The molecule has 5 aromatic rings. The zero-order valence-electron chi connectivity index (χ0n) is 56.1. The highest BCUT2D eigenvalue weighted by Crippen LogP contribution is 2.56. The first-order valence-electron chi connectivity index (χ1n) is 31.5. The number of ketones is 5. The zero-order chi connectivity index (χ0) is 77.1. The molecule has 11 rings (SSSR count). The monoisotopic (exact) mass is 1470 g/mol. The molecule has 2 fully saturated rings. The summed E-state index contributed by atoms with van der Waals surface area (Å²) in [5.74, 6) is -11.9. The first-order chi connectivity index (χ1) is 48.5. The number of likely N-dealkylation sites (N-methyl/N-ethyl adjacent to an activating group) is 1. The molecule has 0 aromatic heterocycles. The lowest BCUT2D eigenvalue weighted by atomic mass is 9.57. The lowest BCUT2D eigenvalue weighted by Gasteiger charge is -2.50. The molecule has 104 heavy (non-hydrogen) atoms. The van der Waals surface area contributed by atoms with Crippen LogP contribution in [-0.4, -0.2) is 193 Å². The third-order valence-corrected chi connectivity index (χ3v) is 19.5. The average Bonchev–Trinajstić information content (AvgIpc) is 0.715. The average molecular weight is 1470 g/mol. The third kappa shape index (κ3) is 14.5. The Kier molecular flexibility index (Phi) is 21.9. The minimum atomic E-state index is -4.79. The van der Waals surface area contributed by atoms with E-state index >= 15 is 0 Å². The van der Waals surface area contributed by atoms with Crippen molar-refractivity contribution in [2.24, 2.45) is 23.3 Å². The van der Waals surface area contributed by atoms with Gasteiger partial charge in [-0.15, -0.1) is 0 Å². The standard InChI is InChI=1S/C27H29NO11.C23H27N3O7.C20H13F6N3O2S/c1-10-22(31)13(28)6-17(38-10)39-15-8-27(36,16(30)9-29)7-12-19(15)26(35)21-20(24(12)33)23(32)11-4-3-5-14(37-2)18(11)25(21)34;1-25(2)12-5-6-13(27)15-10(12)7-9-8-11-17(26(3)4)19(29)16(22(24)32)21(31)23(11,33)20(30)14(9)18(15)28;1-18(10-28,11-31-16-8-12(9-27)2-7-15(16)19(21,22)23)29-17(30)13-3-5-14(6-4-13)32-20(24,25)26/h3-5,10,13,15,17,22,29,31,33,35-36H,6-9,28H2,1-2H3;5-6,9,11,17,27-28,31,33H,7-8H2,1-4H3,(H2,24,32);2-8H,11H2,1H3,(H,29,30)/t10-,13-,15-,17-,22+,27-;9-,11-,17-,23-;18-/m000/s1. The van der Waals surface area contributed by atoms with Crippen LogP contribution in [0.1, 0.15) is 115 Å². The molecular weight excluding hydrogens is 1400 g/mol. The van der Waals surface area contributed by atoms with Crippen LogP contribution in [0.2, 0.25) is 0 Å². The number of benzene rings is 5. The minimum Gasteiger partial charge on any atom is -0.508 e. The minimum absolute atomic E-state index is 0.0173. The van der Waals surface area contributed by atoms with Crippen LogP contribution < -0.4 is 31.2 Å². The number of Topliss-reactive ketones (excluding diaryl/α,β-unsaturated/α-hetero) is 3. The van der Waals surface area contributed by atoms with Gasteiger partial charge in [0.2, 0.25) is 11.6 Å². The second kappa shape index (κ2) is 29.2. The summed E-state index contributed by atoms with van der Waals surface area (Å²) in [5.41, 5.74) is -2.11. The summed E-state index contributed by atoms with van der Waals surface area (Å²) in [6.45, 7) is 1.06. The molecule has 2 amide bonds. The Hall–Kier alpha value is -10.1. The number of aliphatic hydroxyl groups excluding tert-OH is 4. The number of alkyl halides is 6. The van der Waals surface area contributed by atoms with E-state index in [4.69, 9.17) is 35.7 Å². The summed E-state index contributed by atoms with van der Waals surface area (Å²) >= 11 is -0.368. The number of anilines is 1. The number of carbonyl (C=O) groups is 7. The summed E-state index contributed by atoms with van der Waals surface area (Å²) in [4.78, 5) is 94.0. The van der Waals surface area contributed by atoms with E-state index in [0.717, 1.165) is 42.1 Å². The van der Waals surface area contributed by atoms with Gasteiger partial charge >= 0.3 is 11.7 Å². The molecule has 5 aromatic carbocycles. The molecule has 1 heterocycles. The van der Waals surface area contributed by atoms with Gasteiger partial charge in [0.05, 0.1) is 77.0 Å². The number of aliphatic hydroxyl groups is 6. The molecule has 34 heteroatoms. The van der Waals surface area contributed by atoms with Crippen LogP contribution in [0.4, 0.5) is 32.0 Å². The highest BCUT2D eigenvalue weighted by molar-refractivity contribution is 8.00. The van der Waals surface area contributed by atoms with Crippen LogP contribution in [0, 0.1) is 34.5 Å². The molecule has 552 valence electrons. The summed E-state index contributed by atoms with van der Waals surface area (Å²) < 4.78 is 98.8. The van der Waals surface area contributed by atoms with E-state index in [1.165, 1.54) is 43.2 Å². The Morgan fingerprint density at radius 3 is 2.07 bits per heavy atom. The number of ether oxygens (including phenoxy) is 4. The number of halogens is 6. The number of hydrogen-bond donors (Lipinski definition) is 12. The van der Waals surface area contributed by atoms with E-state index in [1.54, 1.807) is 39.2 Å². The van der Waals surface area contributed by atoms with Gasteiger partial charge in [0.1, 0.15) is 64.7 Å². The van der Waals surface area contributed by atoms with Crippen molar-refractivity contribution in [3.8, 4) is 40.9 Å². The third-order valence-electron chi connectivity index (χ3n) is 18.8. The van der Waals surface area contributed by atoms with Gasteiger partial charge in [0, 0.05) is 83.7 Å². The maximum absolute atomic E-state index is 13.7. The molecule has 11 atom stereocenters. The number of rotatable bonds is 14. The predicted molar refractivity (Wildman–Crippen MR) is 352 cm³/mol. The number of nitriles is 2. The highest BCUT2D eigenvalue weighted by atomic mass is 32.2. The molecule has 0 spiro atoms. The maximum atomic E-state index is 13.7. The Labute approximate surface area is 591 Å². The van der Waals surface area contributed by atoms with E-state index in [1.807, 2.05) is 19.0 Å². The number of phenolic OH excluding ortho intramolecular Hbond substituents is 3. The Morgan fingerprint density at radius 2 is 1.50 bits per heavy atom. The van der Waals surface area contributed by atoms with Crippen molar-refractivity contribution >= 4 is 63.9 Å². The molecule has 0 bridgehead atoms. The van der Waals surface area contributed by atoms with E-state index in [2.05, 4.69) is 5.32 Å². The number of carbonyl (C=O) groups excluding carboxylic acids is 7. The highest BCUT2D eigenvalue weighted by Gasteiger charge is 2.64. The van der Waals surface area contributed by atoms with E-state index in [0.29, 0.717) is 11.6 Å². The van der Waals surface area contributed by atoms with Gasteiger partial charge in [-0.3, -0.25) is 38.5 Å². The van der Waals surface area contributed by atoms with Crippen LogP contribution in [0.15, 0.2) is 94.6 Å². The molecule has 0 unspecified atom stereocenters. The number of nitrogens with zero attached hydrogens (tertiary/aromatic N) is 4. The van der Waals surface area contributed by atoms with Gasteiger partial charge < -0.3 is 86.6 Å². The zero-order valence-corrected chi connectivity index (χ0v) is 56.9. The van der Waals surface area contributed by atoms with Crippen molar-refractivity contribution < 1.29 is 125 Å². The molecular formula is C70H69F6N7O20S. The van der Waals surface area contributed by atoms with Crippen molar-refractivity contribution in [1.82, 2.24) is 10.2 Å². The topological polar surface area (TPSA) is 457 Å². The summed E-state index contributed by atoms with van der Waals surface area (Å²) in [5, 5.41) is 118. The number of aromatic hydroxyl groups is 3. The van der Waals surface area contributed by atoms with Gasteiger partial charge in [0.25, 0.3) is 11.8 Å². The molecule has 5 aliphatic carbocycles. The first kappa shape index (κ1) is 78.0. The Morgan fingerprint density at radius 1 is 0.846 bits per heavy atom. The van der Waals surface area contributed by atoms with Crippen LogP contribution in [-0.2, 0) is 47.7 Å². The molecule has 0 radical (unpaired) electrons. The van der Waals surface area contributed by atoms with E-state index in [9.17, 15) is 111 Å².